The van der Waals surface area contributed by atoms with E-state index in [4.69, 9.17) is 14.2 Å². The number of nitrogens with one attached hydrogen (secondary N) is 1. The number of benzene rings is 1. The van der Waals surface area contributed by atoms with E-state index in [0.29, 0.717) is 18.9 Å². The van der Waals surface area contributed by atoms with Crippen LogP contribution in [-0.4, -0.2) is 38.7 Å². The van der Waals surface area contributed by atoms with Crippen LogP contribution in [0.2, 0.25) is 0 Å². The van der Waals surface area contributed by atoms with E-state index >= 15 is 0 Å². The van der Waals surface area contributed by atoms with Crippen molar-refractivity contribution in [2.45, 2.75) is 12.2 Å². The summed E-state index contributed by atoms with van der Waals surface area (Å²) >= 11 is 1.58. The Morgan fingerprint density at radius 2 is 2.25 bits per heavy atom. The molecule has 1 N–H and O–H groups in total. The van der Waals surface area contributed by atoms with Crippen molar-refractivity contribution < 1.29 is 19.0 Å². The van der Waals surface area contributed by atoms with Crippen molar-refractivity contribution >= 4 is 17.7 Å². The van der Waals surface area contributed by atoms with Gasteiger partial charge in [0.1, 0.15) is 0 Å². The average Bonchev–Trinajstić information content (AvgIpc) is 2.91. The molecule has 0 spiro atoms. The monoisotopic (exact) mass is 297 g/mol. The lowest BCUT2D eigenvalue weighted by Gasteiger charge is -2.05. The van der Waals surface area contributed by atoms with Gasteiger partial charge in [0.15, 0.2) is 11.5 Å². The smallest absolute Gasteiger partial charge is 0.231 e. The summed E-state index contributed by atoms with van der Waals surface area (Å²) in [6.45, 7) is 1.62. The normalized spacial score (nSPS) is 12.4. The molecular weight excluding hydrogens is 278 g/mol. The highest BCUT2D eigenvalue weighted by Crippen LogP contribution is 2.33. The summed E-state index contributed by atoms with van der Waals surface area (Å²) in [6, 6.07) is 5.87. The molecular formula is C14H19NO4S. The number of rotatable bonds is 8. The fourth-order valence-corrected chi connectivity index (χ4v) is 2.59. The molecule has 5 nitrogen and oxygen atoms in total. The van der Waals surface area contributed by atoms with Crippen LogP contribution in [0.25, 0.3) is 0 Å². The van der Waals surface area contributed by atoms with Crippen molar-refractivity contribution in [3.8, 4) is 11.5 Å². The molecule has 0 fully saturated rings. The van der Waals surface area contributed by atoms with Gasteiger partial charge in [-0.1, -0.05) is 6.07 Å². The second-order valence-corrected chi connectivity index (χ2v) is 5.36. The van der Waals surface area contributed by atoms with E-state index in [1.54, 1.807) is 18.9 Å². The molecule has 6 heteroatoms. The molecule has 0 bridgehead atoms. The van der Waals surface area contributed by atoms with Gasteiger partial charge in [-0.15, -0.1) is 11.8 Å². The summed E-state index contributed by atoms with van der Waals surface area (Å²) in [5.74, 6) is 2.87. The highest BCUT2D eigenvalue weighted by Gasteiger charge is 2.13. The molecule has 0 aromatic heterocycles. The molecule has 1 aromatic rings. The number of ether oxygens (including phenoxy) is 3. The molecule has 0 saturated carbocycles. The lowest BCUT2D eigenvalue weighted by molar-refractivity contribution is -0.118. The maximum atomic E-state index is 11.6. The molecule has 1 heterocycles. The Labute approximate surface area is 123 Å². The number of hydrogen-bond donors (Lipinski definition) is 1. The SMILES string of the molecule is COCCCNC(=O)CSCc1ccc2c(c1)OCO2. The van der Waals surface area contributed by atoms with E-state index in [-0.39, 0.29) is 12.7 Å². The Hall–Kier alpha value is -1.40. The molecule has 1 aliphatic heterocycles. The van der Waals surface area contributed by atoms with Gasteiger partial charge in [0, 0.05) is 26.0 Å². The molecule has 1 aromatic carbocycles. The van der Waals surface area contributed by atoms with E-state index < -0.39 is 0 Å². The topological polar surface area (TPSA) is 56.8 Å². The first-order valence-electron chi connectivity index (χ1n) is 6.51. The van der Waals surface area contributed by atoms with Gasteiger partial charge in [0.25, 0.3) is 0 Å². The molecule has 0 unspecified atom stereocenters. The third kappa shape index (κ3) is 4.61. The molecule has 0 radical (unpaired) electrons. The first kappa shape index (κ1) is 15.0. The summed E-state index contributed by atoms with van der Waals surface area (Å²) < 4.78 is 15.5. The summed E-state index contributed by atoms with van der Waals surface area (Å²) in [5, 5.41) is 2.86. The van der Waals surface area contributed by atoms with Crippen LogP contribution < -0.4 is 14.8 Å². The number of carbonyl (C=O) groups is 1. The average molecular weight is 297 g/mol. The standard InChI is InChI=1S/C14H19NO4S/c1-17-6-2-5-15-14(16)9-20-8-11-3-4-12-13(7-11)19-10-18-12/h3-4,7H,2,5-6,8-10H2,1H3,(H,15,16). The number of methoxy groups -OCH3 is 1. The minimum atomic E-state index is 0.0619. The van der Waals surface area contributed by atoms with Crippen LogP contribution in [0, 0.1) is 0 Å². The summed E-state index contributed by atoms with van der Waals surface area (Å²) in [6.07, 6.45) is 0.842. The quantitative estimate of drug-likeness (QED) is 0.742. The number of thioether (sulfide) groups is 1. The fourth-order valence-electron chi connectivity index (χ4n) is 1.79. The van der Waals surface area contributed by atoms with Crippen molar-refractivity contribution in [2.75, 3.05) is 32.8 Å². The van der Waals surface area contributed by atoms with Crippen molar-refractivity contribution in [3.05, 3.63) is 23.8 Å². The van der Waals surface area contributed by atoms with Crippen LogP contribution in [0.5, 0.6) is 11.5 Å². The summed E-state index contributed by atoms with van der Waals surface area (Å²) in [7, 11) is 1.66. The molecule has 1 aliphatic rings. The lowest BCUT2D eigenvalue weighted by atomic mass is 10.2. The first-order chi connectivity index (χ1) is 9.79. The first-order valence-corrected chi connectivity index (χ1v) is 7.67. The van der Waals surface area contributed by atoms with Gasteiger partial charge in [-0.3, -0.25) is 4.79 Å². The lowest BCUT2D eigenvalue weighted by Crippen LogP contribution is -2.26. The van der Waals surface area contributed by atoms with E-state index in [1.165, 1.54) is 0 Å². The van der Waals surface area contributed by atoms with Gasteiger partial charge in [-0.25, -0.2) is 0 Å². The maximum Gasteiger partial charge on any atom is 0.231 e. The van der Waals surface area contributed by atoms with Crippen molar-refractivity contribution in [1.29, 1.82) is 0 Å². The van der Waals surface area contributed by atoms with Gasteiger partial charge >= 0.3 is 0 Å². The number of carbonyl (C=O) groups excluding carboxylic acids is 1. The minimum absolute atomic E-state index is 0.0619. The van der Waals surface area contributed by atoms with Crippen molar-refractivity contribution in [1.82, 2.24) is 5.32 Å². The highest BCUT2D eigenvalue weighted by molar-refractivity contribution is 7.99. The van der Waals surface area contributed by atoms with E-state index in [9.17, 15) is 4.79 Å². The number of hydrogen-bond acceptors (Lipinski definition) is 5. The van der Waals surface area contributed by atoms with Gasteiger partial charge < -0.3 is 19.5 Å². The molecule has 0 saturated heterocycles. The molecule has 1 amide bonds. The molecule has 0 atom stereocenters. The zero-order valence-electron chi connectivity index (χ0n) is 11.5. The number of amides is 1. The predicted octanol–water partition coefficient (Wildman–Crippen LogP) is 1.80. The highest BCUT2D eigenvalue weighted by atomic mass is 32.2. The number of fused-ring (bicyclic) bond motifs is 1. The van der Waals surface area contributed by atoms with Gasteiger partial charge in [0.05, 0.1) is 5.75 Å². The second kappa shape index (κ2) is 8.01. The van der Waals surface area contributed by atoms with Crippen molar-refractivity contribution in [2.24, 2.45) is 0 Å². The van der Waals surface area contributed by atoms with Crippen molar-refractivity contribution in [3.63, 3.8) is 0 Å². The molecule has 20 heavy (non-hydrogen) atoms. The largest absolute Gasteiger partial charge is 0.454 e. The van der Waals surface area contributed by atoms with E-state index in [2.05, 4.69) is 5.32 Å². The summed E-state index contributed by atoms with van der Waals surface area (Å²) in [5.41, 5.74) is 1.13. The predicted molar refractivity (Wildman–Crippen MR) is 78.2 cm³/mol. The molecule has 0 aliphatic carbocycles. The van der Waals surface area contributed by atoms with Crippen LogP contribution >= 0.6 is 11.8 Å². The van der Waals surface area contributed by atoms with Gasteiger partial charge in [0.2, 0.25) is 12.7 Å². The van der Waals surface area contributed by atoms with Crippen LogP contribution in [-0.2, 0) is 15.3 Å². The fraction of sp³-hybridized carbons (Fsp3) is 0.500. The van der Waals surface area contributed by atoms with Crippen LogP contribution in [0.1, 0.15) is 12.0 Å². The zero-order chi connectivity index (χ0) is 14.2. The van der Waals surface area contributed by atoms with Crippen LogP contribution in [0.15, 0.2) is 18.2 Å². The molecule has 110 valence electrons. The van der Waals surface area contributed by atoms with Crippen LogP contribution in [0.3, 0.4) is 0 Å². The van der Waals surface area contributed by atoms with Gasteiger partial charge in [-0.05, 0) is 24.1 Å². The van der Waals surface area contributed by atoms with E-state index in [1.807, 2.05) is 18.2 Å². The Morgan fingerprint density at radius 1 is 1.40 bits per heavy atom. The Balaban J connectivity index is 1.64. The van der Waals surface area contributed by atoms with Gasteiger partial charge in [-0.2, -0.15) is 0 Å². The Kier molecular flexibility index (Phi) is 6.01. The molecule has 2 rings (SSSR count). The third-order valence-electron chi connectivity index (χ3n) is 2.79. The Bertz CT molecular complexity index is 453. The second-order valence-electron chi connectivity index (χ2n) is 4.38. The summed E-state index contributed by atoms with van der Waals surface area (Å²) in [4.78, 5) is 11.6. The van der Waals surface area contributed by atoms with E-state index in [0.717, 1.165) is 29.2 Å². The zero-order valence-corrected chi connectivity index (χ0v) is 12.3. The maximum absolute atomic E-state index is 11.6. The third-order valence-corrected chi connectivity index (χ3v) is 3.79. The minimum Gasteiger partial charge on any atom is -0.454 e. The Morgan fingerprint density at radius 3 is 3.10 bits per heavy atom. The van der Waals surface area contributed by atoms with Crippen LogP contribution in [0.4, 0.5) is 0 Å².